The van der Waals surface area contributed by atoms with Crippen LogP contribution in [0.2, 0.25) is 0 Å². The summed E-state index contributed by atoms with van der Waals surface area (Å²) in [6.45, 7) is 1.56. The van der Waals surface area contributed by atoms with Crippen molar-refractivity contribution in [2.75, 3.05) is 10.6 Å². The zero-order valence-corrected chi connectivity index (χ0v) is 19.6. The summed E-state index contributed by atoms with van der Waals surface area (Å²) >= 11 is 0.916. The van der Waals surface area contributed by atoms with E-state index in [2.05, 4.69) is 15.5 Å². The summed E-state index contributed by atoms with van der Waals surface area (Å²) in [4.78, 5) is 43.4. The van der Waals surface area contributed by atoms with Gasteiger partial charge in [0.05, 0.1) is 0 Å². The van der Waals surface area contributed by atoms with Crippen LogP contribution >= 0.6 is 11.3 Å². The smallest absolute Gasteiger partial charge is 0.273 e. The van der Waals surface area contributed by atoms with Gasteiger partial charge in [-0.25, -0.2) is 9.37 Å². The molecule has 2 aliphatic carbocycles. The van der Waals surface area contributed by atoms with Crippen molar-refractivity contribution < 1.29 is 23.3 Å². The first-order chi connectivity index (χ1) is 16.7. The Morgan fingerprint density at radius 3 is 2.54 bits per heavy atom. The number of primary amides is 1. The van der Waals surface area contributed by atoms with Crippen molar-refractivity contribution in [1.82, 2.24) is 15.5 Å². The molecule has 3 aromatic rings. The van der Waals surface area contributed by atoms with Gasteiger partial charge in [-0.3, -0.25) is 14.4 Å². The Kier molecular flexibility index (Phi) is 5.55. The number of halogens is 1. The Labute approximate surface area is 203 Å². The van der Waals surface area contributed by atoms with Crippen LogP contribution in [-0.2, 0) is 4.79 Å². The molecule has 35 heavy (non-hydrogen) atoms. The maximum Gasteiger partial charge on any atom is 0.273 e. The number of rotatable bonds is 9. The number of nitrogens with one attached hydrogen (secondary N) is 1. The lowest BCUT2D eigenvalue weighted by Crippen LogP contribution is -2.39. The number of ketones is 1. The Morgan fingerprint density at radius 1 is 1.26 bits per heavy atom. The number of aromatic nitrogens is 2. The first-order valence-corrected chi connectivity index (χ1v) is 11.9. The monoisotopic (exact) mass is 498 g/mol. The average molecular weight is 499 g/mol. The average Bonchev–Trinajstić information content (AvgIpc) is 3.73. The number of anilines is 3. The molecule has 2 heterocycles. The van der Waals surface area contributed by atoms with Crippen molar-refractivity contribution in [3.63, 3.8) is 0 Å². The van der Waals surface area contributed by atoms with E-state index in [-0.39, 0.29) is 38.7 Å². The van der Waals surface area contributed by atoms with E-state index in [1.54, 1.807) is 6.92 Å². The molecule has 0 spiro atoms. The zero-order valence-electron chi connectivity index (χ0n) is 18.8. The number of thiazole rings is 1. The molecule has 1 aromatic carbocycles. The lowest BCUT2D eigenvalue weighted by Gasteiger charge is -2.26. The van der Waals surface area contributed by atoms with Gasteiger partial charge in [0.1, 0.15) is 22.6 Å². The molecule has 2 aliphatic rings. The third-order valence-corrected chi connectivity index (χ3v) is 7.50. The highest BCUT2D eigenvalue weighted by Crippen LogP contribution is 2.53. The number of hydrogen-bond acceptors (Lipinski definition) is 9. The maximum atomic E-state index is 13.4. The van der Waals surface area contributed by atoms with E-state index in [0.29, 0.717) is 11.6 Å². The second-order valence-corrected chi connectivity index (χ2v) is 9.90. The zero-order chi connectivity index (χ0) is 24.9. The molecule has 0 bridgehead atoms. The van der Waals surface area contributed by atoms with Crippen LogP contribution in [0, 0.1) is 11.7 Å². The number of nitrogens with zero attached hydrogens (tertiary/aromatic N) is 3. The fourth-order valence-electron chi connectivity index (χ4n) is 4.11. The van der Waals surface area contributed by atoms with Gasteiger partial charge < -0.3 is 26.2 Å². The van der Waals surface area contributed by atoms with Crippen LogP contribution in [0.4, 0.5) is 21.0 Å². The highest BCUT2D eigenvalue weighted by molar-refractivity contribution is 7.18. The van der Waals surface area contributed by atoms with Crippen LogP contribution in [0.15, 0.2) is 34.9 Å². The molecule has 12 heteroatoms. The predicted octanol–water partition coefficient (Wildman–Crippen LogP) is 2.77. The number of benzene rings is 1. The van der Waals surface area contributed by atoms with Crippen LogP contribution in [0.25, 0.3) is 0 Å². The summed E-state index contributed by atoms with van der Waals surface area (Å²) in [7, 11) is 0. The number of amides is 2. The van der Waals surface area contributed by atoms with Gasteiger partial charge >= 0.3 is 0 Å². The van der Waals surface area contributed by atoms with E-state index >= 15 is 0 Å². The summed E-state index contributed by atoms with van der Waals surface area (Å²) in [5.41, 5.74) is 11.8. The van der Waals surface area contributed by atoms with E-state index in [4.69, 9.17) is 16.0 Å². The molecular weight excluding hydrogens is 475 g/mol. The molecule has 5 rings (SSSR count). The molecule has 2 saturated carbocycles. The Bertz CT molecular complexity index is 1310. The Balaban J connectivity index is 1.39. The first-order valence-electron chi connectivity index (χ1n) is 11.1. The molecule has 1 unspecified atom stereocenters. The van der Waals surface area contributed by atoms with Crippen molar-refractivity contribution in [2.45, 2.75) is 44.2 Å². The number of hydrogen-bond donors (Lipinski definition) is 3. The van der Waals surface area contributed by atoms with Crippen molar-refractivity contribution in [3.05, 3.63) is 52.5 Å². The van der Waals surface area contributed by atoms with Crippen molar-refractivity contribution >= 4 is 45.6 Å². The predicted molar refractivity (Wildman–Crippen MR) is 126 cm³/mol. The lowest BCUT2D eigenvalue weighted by molar-refractivity contribution is -0.118. The van der Waals surface area contributed by atoms with E-state index in [1.165, 1.54) is 35.2 Å². The van der Waals surface area contributed by atoms with Gasteiger partial charge in [0.2, 0.25) is 17.5 Å². The van der Waals surface area contributed by atoms with Crippen molar-refractivity contribution in [1.29, 1.82) is 0 Å². The van der Waals surface area contributed by atoms with E-state index in [0.717, 1.165) is 37.0 Å². The summed E-state index contributed by atoms with van der Waals surface area (Å²) in [5, 5.41) is 7.00. The van der Waals surface area contributed by atoms with E-state index in [9.17, 15) is 18.8 Å². The lowest BCUT2D eigenvalue weighted by atomic mass is 10.1. The Hall–Kier alpha value is -3.80. The summed E-state index contributed by atoms with van der Waals surface area (Å²) in [6.07, 6.45) is 4.11. The summed E-state index contributed by atoms with van der Waals surface area (Å²) in [6, 6.07) is 5.80. The number of carbonyl (C=O) groups is 3. The van der Waals surface area contributed by atoms with Gasteiger partial charge in [0.25, 0.3) is 5.91 Å². The molecule has 5 N–H and O–H groups in total. The topological polar surface area (TPSA) is 157 Å². The molecule has 0 aliphatic heterocycles. The van der Waals surface area contributed by atoms with Crippen LogP contribution in [0.5, 0.6) is 0 Å². The van der Waals surface area contributed by atoms with Crippen molar-refractivity contribution in [3.8, 4) is 0 Å². The molecule has 2 fully saturated rings. The Morgan fingerprint density at radius 2 is 1.94 bits per heavy atom. The SMILES string of the molecule is CC(C(N)=O)N(c1ccc(F)cc1)c1nc(N)c(C(=O)c2cc(C(=O)NC3(C4CC4)CC3)no2)s1. The minimum atomic E-state index is -0.865. The van der Waals surface area contributed by atoms with Gasteiger partial charge in [0.15, 0.2) is 10.8 Å². The van der Waals surface area contributed by atoms with Gasteiger partial charge in [-0.2, -0.15) is 0 Å². The summed E-state index contributed by atoms with van der Waals surface area (Å²) in [5.74, 6) is -1.83. The second kappa shape index (κ2) is 8.45. The first kappa shape index (κ1) is 23.0. The molecule has 182 valence electrons. The molecule has 0 radical (unpaired) electrons. The molecule has 2 amide bonds. The molecule has 10 nitrogen and oxygen atoms in total. The maximum absolute atomic E-state index is 13.4. The molecule has 1 atom stereocenters. The van der Waals surface area contributed by atoms with E-state index in [1.807, 2.05) is 0 Å². The molecule has 2 aromatic heterocycles. The van der Waals surface area contributed by atoms with Gasteiger partial charge in [-0.05, 0) is 62.8 Å². The standard InChI is InChI=1S/C23H23FN6O4S/c1-11(20(26)32)30(14-6-4-13(24)5-7-14)22-27-19(25)18(35-22)17(31)16-10-15(29-34-16)21(33)28-23(8-9-23)12-2-3-12/h4-7,10-12H,2-3,8-9,25H2,1H3,(H2,26,32)(H,28,33). The molecule has 0 saturated heterocycles. The third-order valence-electron chi connectivity index (χ3n) is 6.43. The largest absolute Gasteiger partial charge is 0.382 e. The van der Waals surface area contributed by atoms with Gasteiger partial charge in [0, 0.05) is 17.3 Å². The summed E-state index contributed by atoms with van der Waals surface area (Å²) < 4.78 is 18.6. The highest BCUT2D eigenvalue weighted by atomic mass is 32.1. The quantitative estimate of drug-likeness (QED) is 0.380. The minimum absolute atomic E-state index is 0.0128. The van der Waals surface area contributed by atoms with Crippen molar-refractivity contribution in [2.24, 2.45) is 11.7 Å². The van der Waals surface area contributed by atoms with E-state index < -0.39 is 23.5 Å². The number of carbonyl (C=O) groups excluding carboxylic acids is 3. The van der Waals surface area contributed by atoms with Gasteiger partial charge in [-0.15, -0.1) is 0 Å². The normalized spacial score (nSPS) is 17.0. The highest BCUT2D eigenvalue weighted by Gasteiger charge is 2.55. The third kappa shape index (κ3) is 4.36. The fourth-order valence-corrected chi connectivity index (χ4v) is 5.14. The second-order valence-electron chi connectivity index (χ2n) is 8.93. The van der Waals surface area contributed by atoms with Crippen LogP contribution < -0.4 is 21.7 Å². The number of nitrogen functional groups attached to an aromatic ring is 1. The fraction of sp³-hybridized carbons (Fsp3) is 0.348. The van der Waals surface area contributed by atoms with Gasteiger partial charge in [-0.1, -0.05) is 16.5 Å². The number of nitrogens with two attached hydrogens (primary N) is 2. The van der Waals surface area contributed by atoms with Crippen LogP contribution in [0.1, 0.15) is 58.5 Å². The molecular formula is C23H23FN6O4S. The minimum Gasteiger partial charge on any atom is -0.382 e. The van der Waals surface area contributed by atoms with Crippen LogP contribution in [0.3, 0.4) is 0 Å². The van der Waals surface area contributed by atoms with Crippen LogP contribution in [-0.4, -0.2) is 39.3 Å².